The normalized spacial score (nSPS) is 26.0. The summed E-state index contributed by atoms with van der Waals surface area (Å²) < 4.78 is 19.1. The van der Waals surface area contributed by atoms with Gasteiger partial charge in [0.1, 0.15) is 0 Å². The van der Waals surface area contributed by atoms with Crippen LogP contribution in [0.3, 0.4) is 0 Å². The van der Waals surface area contributed by atoms with E-state index in [-0.39, 0.29) is 23.5 Å². The van der Waals surface area contributed by atoms with Crippen molar-refractivity contribution in [3.05, 3.63) is 29.8 Å². The van der Waals surface area contributed by atoms with Crippen molar-refractivity contribution in [1.82, 2.24) is 9.88 Å². The Labute approximate surface area is 130 Å². The van der Waals surface area contributed by atoms with Crippen molar-refractivity contribution < 1.29 is 13.9 Å². The average molecular weight is 306 g/mol. The maximum atomic E-state index is 13.2. The number of hydrogen-bond donors (Lipinski definition) is 0. The van der Waals surface area contributed by atoms with Crippen LogP contribution in [0.25, 0.3) is 0 Å². The van der Waals surface area contributed by atoms with Crippen molar-refractivity contribution in [2.45, 2.75) is 51.2 Å². The molecule has 0 N–H and O–H groups in total. The third-order valence-electron chi connectivity index (χ3n) is 5.41. The van der Waals surface area contributed by atoms with E-state index >= 15 is 0 Å². The van der Waals surface area contributed by atoms with E-state index in [1.165, 1.54) is 25.1 Å². The van der Waals surface area contributed by atoms with Crippen molar-refractivity contribution in [2.24, 2.45) is 5.41 Å². The fraction of sp³-hybridized carbons (Fsp3) is 0.647. The SMILES string of the molecule is CCO[C@H]1C[C@H](N(C)C(=O)c2ccnc(F)c2)C12CCCC2. The van der Waals surface area contributed by atoms with Gasteiger partial charge in [0.25, 0.3) is 5.91 Å². The van der Waals surface area contributed by atoms with Gasteiger partial charge in [-0.2, -0.15) is 4.39 Å². The van der Waals surface area contributed by atoms with E-state index in [4.69, 9.17) is 4.74 Å². The summed E-state index contributed by atoms with van der Waals surface area (Å²) in [5.74, 6) is -0.747. The summed E-state index contributed by atoms with van der Waals surface area (Å²) in [6.45, 7) is 2.73. The molecule has 2 aliphatic rings. The number of halogens is 1. The molecule has 2 fully saturated rings. The van der Waals surface area contributed by atoms with Gasteiger partial charge in [0, 0.05) is 42.9 Å². The molecule has 5 heteroatoms. The van der Waals surface area contributed by atoms with E-state index in [0.717, 1.165) is 19.3 Å². The Balaban J connectivity index is 1.77. The first kappa shape index (κ1) is 15.4. The summed E-state index contributed by atoms with van der Waals surface area (Å²) in [6.07, 6.45) is 7.11. The van der Waals surface area contributed by atoms with Crippen LogP contribution in [0.1, 0.15) is 49.4 Å². The summed E-state index contributed by atoms with van der Waals surface area (Å²) in [5, 5.41) is 0. The molecule has 1 heterocycles. The monoisotopic (exact) mass is 306 g/mol. The fourth-order valence-corrected chi connectivity index (χ4v) is 4.27. The minimum atomic E-state index is -0.615. The van der Waals surface area contributed by atoms with Crippen LogP contribution in [0.5, 0.6) is 0 Å². The largest absolute Gasteiger partial charge is 0.378 e. The smallest absolute Gasteiger partial charge is 0.254 e. The first-order valence-electron chi connectivity index (χ1n) is 8.09. The molecule has 0 bridgehead atoms. The summed E-state index contributed by atoms with van der Waals surface area (Å²) in [7, 11) is 1.83. The van der Waals surface area contributed by atoms with Gasteiger partial charge in [-0.25, -0.2) is 4.98 Å². The molecule has 1 spiro atoms. The Hall–Kier alpha value is -1.49. The molecular formula is C17H23FN2O2. The number of nitrogens with zero attached hydrogens (tertiary/aromatic N) is 2. The average Bonchev–Trinajstić information content (AvgIpc) is 3.02. The molecule has 0 saturated heterocycles. The van der Waals surface area contributed by atoms with Crippen molar-refractivity contribution in [3.63, 3.8) is 0 Å². The summed E-state index contributed by atoms with van der Waals surface area (Å²) in [6, 6.07) is 2.97. The zero-order valence-electron chi connectivity index (χ0n) is 13.2. The molecule has 1 aromatic rings. The molecule has 3 rings (SSSR count). The number of pyridine rings is 1. The van der Waals surface area contributed by atoms with Gasteiger partial charge in [-0.3, -0.25) is 4.79 Å². The molecule has 0 aromatic carbocycles. The van der Waals surface area contributed by atoms with Crippen LogP contribution in [0.4, 0.5) is 4.39 Å². The van der Waals surface area contributed by atoms with E-state index in [1.807, 2.05) is 14.0 Å². The van der Waals surface area contributed by atoms with Crippen molar-refractivity contribution in [2.75, 3.05) is 13.7 Å². The topological polar surface area (TPSA) is 42.4 Å². The van der Waals surface area contributed by atoms with Crippen LogP contribution < -0.4 is 0 Å². The highest BCUT2D eigenvalue weighted by Gasteiger charge is 2.58. The number of ether oxygens (including phenoxy) is 1. The maximum absolute atomic E-state index is 13.2. The lowest BCUT2D eigenvalue weighted by molar-refractivity contribution is -0.152. The molecule has 0 unspecified atom stereocenters. The number of rotatable bonds is 4. The third-order valence-corrected chi connectivity index (χ3v) is 5.41. The molecule has 1 aromatic heterocycles. The first-order chi connectivity index (χ1) is 10.6. The molecule has 4 nitrogen and oxygen atoms in total. The molecule has 2 saturated carbocycles. The highest BCUT2D eigenvalue weighted by Crippen LogP contribution is 2.56. The van der Waals surface area contributed by atoms with Crippen LogP contribution >= 0.6 is 0 Å². The zero-order chi connectivity index (χ0) is 15.7. The Bertz CT molecular complexity index is 557. The molecule has 2 aliphatic carbocycles. The zero-order valence-corrected chi connectivity index (χ0v) is 13.2. The molecule has 2 atom stereocenters. The Morgan fingerprint density at radius 2 is 2.23 bits per heavy atom. The lowest BCUT2D eigenvalue weighted by Crippen LogP contribution is -2.64. The van der Waals surface area contributed by atoms with Gasteiger partial charge >= 0.3 is 0 Å². The molecular weight excluding hydrogens is 283 g/mol. The van der Waals surface area contributed by atoms with Crippen molar-refractivity contribution in [3.8, 4) is 0 Å². The van der Waals surface area contributed by atoms with Gasteiger partial charge in [0.05, 0.1) is 6.10 Å². The Kier molecular flexibility index (Phi) is 4.17. The molecule has 0 radical (unpaired) electrons. The predicted octanol–water partition coefficient (Wildman–Crippen LogP) is 3.03. The Morgan fingerprint density at radius 3 is 2.86 bits per heavy atom. The number of aromatic nitrogens is 1. The van der Waals surface area contributed by atoms with Gasteiger partial charge < -0.3 is 9.64 Å². The maximum Gasteiger partial charge on any atom is 0.254 e. The van der Waals surface area contributed by atoms with E-state index < -0.39 is 5.95 Å². The van der Waals surface area contributed by atoms with E-state index in [2.05, 4.69) is 4.98 Å². The minimum absolute atomic E-state index is 0.103. The fourth-order valence-electron chi connectivity index (χ4n) is 4.27. The van der Waals surface area contributed by atoms with Crippen LogP contribution in [0.2, 0.25) is 0 Å². The number of carbonyl (C=O) groups excluding carboxylic acids is 1. The molecule has 120 valence electrons. The minimum Gasteiger partial charge on any atom is -0.378 e. The summed E-state index contributed by atoms with van der Waals surface area (Å²) in [5.41, 5.74) is 0.467. The predicted molar refractivity (Wildman–Crippen MR) is 81.0 cm³/mol. The molecule has 1 amide bonds. The second kappa shape index (κ2) is 5.95. The van der Waals surface area contributed by atoms with Gasteiger partial charge in [0.2, 0.25) is 5.95 Å². The third kappa shape index (κ3) is 2.41. The number of amides is 1. The summed E-state index contributed by atoms with van der Waals surface area (Å²) in [4.78, 5) is 17.9. The summed E-state index contributed by atoms with van der Waals surface area (Å²) >= 11 is 0. The van der Waals surface area contributed by atoms with Gasteiger partial charge in [0.15, 0.2) is 0 Å². The lowest BCUT2D eigenvalue weighted by atomic mass is 9.60. The quantitative estimate of drug-likeness (QED) is 0.803. The first-order valence-corrected chi connectivity index (χ1v) is 8.09. The van der Waals surface area contributed by atoms with Gasteiger partial charge in [-0.1, -0.05) is 12.8 Å². The lowest BCUT2D eigenvalue weighted by Gasteiger charge is -2.57. The van der Waals surface area contributed by atoms with Crippen LogP contribution in [-0.2, 0) is 4.74 Å². The van der Waals surface area contributed by atoms with Crippen molar-refractivity contribution in [1.29, 1.82) is 0 Å². The highest BCUT2D eigenvalue weighted by molar-refractivity contribution is 5.94. The van der Waals surface area contributed by atoms with E-state index in [0.29, 0.717) is 12.2 Å². The van der Waals surface area contributed by atoms with Crippen molar-refractivity contribution >= 4 is 5.91 Å². The second-order valence-corrected chi connectivity index (χ2v) is 6.42. The second-order valence-electron chi connectivity index (χ2n) is 6.42. The molecule has 0 aliphatic heterocycles. The highest BCUT2D eigenvalue weighted by atomic mass is 19.1. The van der Waals surface area contributed by atoms with Crippen LogP contribution in [0, 0.1) is 11.4 Å². The van der Waals surface area contributed by atoms with Gasteiger partial charge in [-0.05, 0) is 32.3 Å². The Morgan fingerprint density at radius 1 is 1.50 bits per heavy atom. The van der Waals surface area contributed by atoms with Crippen LogP contribution in [-0.4, -0.2) is 41.6 Å². The molecule has 22 heavy (non-hydrogen) atoms. The number of hydrogen-bond acceptors (Lipinski definition) is 3. The van der Waals surface area contributed by atoms with E-state index in [9.17, 15) is 9.18 Å². The van der Waals surface area contributed by atoms with E-state index in [1.54, 1.807) is 11.0 Å². The standard InChI is InChI=1S/C17H23FN2O2/c1-3-22-14-11-13(17(14)7-4-5-8-17)20(2)16(21)12-6-9-19-15(18)10-12/h6,9-10,13-14H,3-5,7-8,11H2,1-2H3/t13-,14-/m0/s1. The van der Waals surface area contributed by atoms with Crippen LogP contribution in [0.15, 0.2) is 18.3 Å². The number of carbonyl (C=O) groups is 1. The van der Waals surface area contributed by atoms with Gasteiger partial charge in [-0.15, -0.1) is 0 Å².